The van der Waals surface area contributed by atoms with Gasteiger partial charge in [0.2, 0.25) is 5.91 Å². The maximum Gasteiger partial charge on any atom is 0.227 e. The number of methoxy groups -OCH3 is 1. The van der Waals surface area contributed by atoms with Crippen molar-refractivity contribution in [1.29, 1.82) is 0 Å². The van der Waals surface area contributed by atoms with Crippen molar-refractivity contribution in [2.24, 2.45) is 5.92 Å². The molecule has 0 saturated carbocycles. The highest BCUT2D eigenvalue weighted by molar-refractivity contribution is 5.88. The number of furan rings is 1. The molecule has 4 rings (SSSR count). The molecule has 146 valence electrons. The fraction of sp³-hybridized carbons (Fsp3) is 0.348. The quantitative estimate of drug-likeness (QED) is 0.641. The molecule has 2 heterocycles. The van der Waals surface area contributed by atoms with Crippen LogP contribution in [0.25, 0.3) is 11.0 Å². The summed E-state index contributed by atoms with van der Waals surface area (Å²) in [5.74, 6) is 2.13. The smallest absolute Gasteiger partial charge is 0.227 e. The molecule has 1 aliphatic rings. The fourth-order valence-corrected chi connectivity index (χ4v) is 3.76. The van der Waals surface area contributed by atoms with E-state index in [-0.39, 0.29) is 5.91 Å². The maximum absolute atomic E-state index is 12.9. The van der Waals surface area contributed by atoms with Crippen molar-refractivity contribution in [2.75, 3.05) is 26.8 Å². The summed E-state index contributed by atoms with van der Waals surface area (Å²) in [5.41, 5.74) is 1.67. The summed E-state index contributed by atoms with van der Waals surface area (Å²) in [6, 6.07) is 15.5. The average molecular weight is 379 g/mol. The van der Waals surface area contributed by atoms with Crippen molar-refractivity contribution in [3.8, 4) is 11.5 Å². The molecule has 1 aliphatic heterocycles. The van der Waals surface area contributed by atoms with E-state index in [4.69, 9.17) is 13.9 Å². The molecule has 2 aromatic carbocycles. The zero-order chi connectivity index (χ0) is 19.3. The second-order valence-electron chi connectivity index (χ2n) is 7.27. The number of para-hydroxylation sites is 1. The van der Waals surface area contributed by atoms with Gasteiger partial charge in [0.05, 0.1) is 26.4 Å². The summed E-state index contributed by atoms with van der Waals surface area (Å²) in [6.45, 7) is 2.20. The summed E-state index contributed by atoms with van der Waals surface area (Å²) < 4.78 is 16.7. The van der Waals surface area contributed by atoms with Gasteiger partial charge in [0.1, 0.15) is 17.1 Å². The number of piperidine rings is 1. The van der Waals surface area contributed by atoms with E-state index in [0.29, 0.717) is 18.9 Å². The second kappa shape index (κ2) is 8.38. The molecule has 1 unspecified atom stereocenters. The Morgan fingerprint density at radius 1 is 1.18 bits per heavy atom. The molecule has 0 radical (unpaired) electrons. The summed E-state index contributed by atoms with van der Waals surface area (Å²) in [4.78, 5) is 14.8. The number of fused-ring (bicyclic) bond motifs is 1. The first kappa shape index (κ1) is 18.4. The molecule has 5 nitrogen and oxygen atoms in total. The van der Waals surface area contributed by atoms with Crippen LogP contribution in [0.2, 0.25) is 0 Å². The highest BCUT2D eigenvalue weighted by Crippen LogP contribution is 2.27. The van der Waals surface area contributed by atoms with E-state index in [0.717, 1.165) is 54.0 Å². The van der Waals surface area contributed by atoms with Crippen LogP contribution in [0.3, 0.4) is 0 Å². The van der Waals surface area contributed by atoms with Gasteiger partial charge in [0.15, 0.2) is 0 Å². The lowest BCUT2D eigenvalue weighted by atomic mass is 9.98. The van der Waals surface area contributed by atoms with Crippen LogP contribution in [-0.2, 0) is 11.2 Å². The molecule has 0 N–H and O–H groups in total. The Morgan fingerprint density at radius 3 is 2.86 bits per heavy atom. The van der Waals surface area contributed by atoms with Crippen LogP contribution >= 0.6 is 0 Å². The molecule has 1 amide bonds. The third-order valence-corrected chi connectivity index (χ3v) is 5.31. The summed E-state index contributed by atoms with van der Waals surface area (Å²) in [7, 11) is 1.63. The number of carbonyl (C=O) groups excluding carboxylic acids is 1. The molecule has 5 heteroatoms. The monoisotopic (exact) mass is 379 g/mol. The van der Waals surface area contributed by atoms with E-state index in [9.17, 15) is 4.79 Å². The van der Waals surface area contributed by atoms with Crippen molar-refractivity contribution in [1.82, 2.24) is 4.90 Å². The van der Waals surface area contributed by atoms with Gasteiger partial charge >= 0.3 is 0 Å². The Balaban J connectivity index is 1.36. The SMILES string of the molecule is COc1ccc2c(CC(=O)N3CCCC(COc4ccccc4)C3)coc2c1. The van der Waals surface area contributed by atoms with Gasteiger partial charge in [-0.25, -0.2) is 0 Å². The molecular weight excluding hydrogens is 354 g/mol. The van der Waals surface area contributed by atoms with Crippen LogP contribution in [0, 0.1) is 5.92 Å². The average Bonchev–Trinajstić information content (AvgIpc) is 3.15. The summed E-state index contributed by atoms with van der Waals surface area (Å²) in [5, 5.41) is 0.968. The first-order chi connectivity index (χ1) is 13.7. The van der Waals surface area contributed by atoms with Gasteiger partial charge < -0.3 is 18.8 Å². The molecule has 28 heavy (non-hydrogen) atoms. The van der Waals surface area contributed by atoms with Crippen molar-refractivity contribution in [3.05, 3.63) is 60.4 Å². The third-order valence-electron chi connectivity index (χ3n) is 5.31. The van der Waals surface area contributed by atoms with Crippen LogP contribution in [0.15, 0.2) is 59.2 Å². The lowest BCUT2D eigenvalue weighted by molar-refractivity contribution is -0.132. The molecular formula is C23H25NO4. The number of nitrogens with zero attached hydrogens (tertiary/aromatic N) is 1. The normalized spacial score (nSPS) is 16.9. The van der Waals surface area contributed by atoms with Gasteiger partial charge in [0.25, 0.3) is 0 Å². The topological polar surface area (TPSA) is 51.9 Å². The minimum Gasteiger partial charge on any atom is -0.497 e. The molecule has 0 aliphatic carbocycles. The molecule has 3 aromatic rings. The number of likely N-dealkylation sites (tertiary alicyclic amines) is 1. The number of hydrogen-bond acceptors (Lipinski definition) is 4. The zero-order valence-electron chi connectivity index (χ0n) is 16.1. The summed E-state index contributed by atoms with van der Waals surface area (Å²) in [6.07, 6.45) is 4.14. The van der Waals surface area contributed by atoms with E-state index in [1.54, 1.807) is 13.4 Å². The minimum atomic E-state index is 0.142. The molecule has 0 spiro atoms. The Kier molecular flexibility index (Phi) is 5.51. The van der Waals surface area contributed by atoms with E-state index in [2.05, 4.69) is 0 Å². The molecule has 1 saturated heterocycles. The van der Waals surface area contributed by atoms with E-state index < -0.39 is 0 Å². The Labute approximate surface area is 164 Å². The predicted octanol–water partition coefficient (Wildman–Crippen LogP) is 4.30. The van der Waals surface area contributed by atoms with Gasteiger partial charge in [-0.2, -0.15) is 0 Å². The Morgan fingerprint density at radius 2 is 2.04 bits per heavy atom. The number of amides is 1. The van der Waals surface area contributed by atoms with Crippen LogP contribution in [-0.4, -0.2) is 37.6 Å². The number of hydrogen-bond donors (Lipinski definition) is 0. The molecule has 1 atom stereocenters. The first-order valence-corrected chi connectivity index (χ1v) is 9.72. The van der Waals surface area contributed by atoms with Crippen molar-refractivity contribution in [3.63, 3.8) is 0 Å². The molecule has 1 aromatic heterocycles. The lowest BCUT2D eigenvalue weighted by Crippen LogP contribution is -2.42. The fourth-order valence-electron chi connectivity index (χ4n) is 3.76. The maximum atomic E-state index is 12.9. The van der Waals surface area contributed by atoms with E-state index in [1.807, 2.05) is 53.4 Å². The number of carbonyl (C=O) groups is 1. The first-order valence-electron chi connectivity index (χ1n) is 9.72. The number of benzene rings is 2. The van der Waals surface area contributed by atoms with Crippen molar-refractivity contribution < 1.29 is 18.7 Å². The van der Waals surface area contributed by atoms with Gasteiger partial charge in [-0.1, -0.05) is 18.2 Å². The predicted molar refractivity (Wildman–Crippen MR) is 108 cm³/mol. The van der Waals surface area contributed by atoms with Crippen LogP contribution in [0.4, 0.5) is 0 Å². The minimum absolute atomic E-state index is 0.142. The number of ether oxygens (including phenoxy) is 2. The van der Waals surface area contributed by atoms with Gasteiger partial charge in [0, 0.05) is 36.0 Å². The van der Waals surface area contributed by atoms with E-state index >= 15 is 0 Å². The van der Waals surface area contributed by atoms with Crippen molar-refractivity contribution >= 4 is 16.9 Å². The van der Waals surface area contributed by atoms with Crippen LogP contribution < -0.4 is 9.47 Å². The second-order valence-corrected chi connectivity index (χ2v) is 7.27. The van der Waals surface area contributed by atoms with Gasteiger partial charge in [-0.15, -0.1) is 0 Å². The third kappa shape index (κ3) is 4.14. The summed E-state index contributed by atoms with van der Waals surface area (Å²) >= 11 is 0. The standard InChI is InChI=1S/C23H25NO4/c1-26-20-9-10-21-18(16-28-22(21)13-20)12-23(25)24-11-5-6-17(14-24)15-27-19-7-3-2-4-8-19/h2-4,7-10,13,16-17H,5-6,11-12,14-15H2,1H3. The molecule has 1 fully saturated rings. The van der Waals surface area contributed by atoms with Gasteiger partial charge in [-0.05, 0) is 37.1 Å². The van der Waals surface area contributed by atoms with Crippen LogP contribution in [0.5, 0.6) is 11.5 Å². The van der Waals surface area contributed by atoms with Crippen molar-refractivity contribution in [2.45, 2.75) is 19.3 Å². The lowest BCUT2D eigenvalue weighted by Gasteiger charge is -2.32. The van der Waals surface area contributed by atoms with E-state index in [1.165, 1.54) is 0 Å². The highest BCUT2D eigenvalue weighted by atomic mass is 16.5. The highest BCUT2D eigenvalue weighted by Gasteiger charge is 2.25. The Hall–Kier alpha value is -2.95. The van der Waals surface area contributed by atoms with Crippen LogP contribution in [0.1, 0.15) is 18.4 Å². The van der Waals surface area contributed by atoms with Gasteiger partial charge in [-0.3, -0.25) is 4.79 Å². The number of rotatable bonds is 6. The zero-order valence-corrected chi connectivity index (χ0v) is 16.1. The molecule has 0 bridgehead atoms. The largest absolute Gasteiger partial charge is 0.497 e. The Bertz CT molecular complexity index is 934.